The van der Waals surface area contributed by atoms with Gasteiger partial charge in [-0.05, 0) is 118 Å². The summed E-state index contributed by atoms with van der Waals surface area (Å²) in [6.45, 7) is 4.53. The summed E-state index contributed by atoms with van der Waals surface area (Å²) >= 11 is 19.2. The molecule has 2 aromatic heterocycles. The summed E-state index contributed by atoms with van der Waals surface area (Å²) in [6, 6.07) is 22.2. The molecule has 8 nitrogen and oxygen atoms in total. The Labute approximate surface area is 287 Å². The van der Waals surface area contributed by atoms with Crippen molar-refractivity contribution in [3.05, 3.63) is 126 Å². The predicted molar refractivity (Wildman–Crippen MR) is 183 cm³/mol. The molecule has 0 bridgehead atoms. The normalized spacial score (nSPS) is 11.2. The third kappa shape index (κ3) is 7.76. The molecule has 12 heteroatoms. The smallest absolute Gasteiger partial charge is 0.307 e. The molecule has 45 heavy (non-hydrogen) atoms. The fourth-order valence-electron chi connectivity index (χ4n) is 4.48. The largest absolute Gasteiger partial charge is 0.493 e. The molecule has 0 saturated carbocycles. The van der Waals surface area contributed by atoms with Crippen molar-refractivity contribution in [1.82, 2.24) is 9.99 Å². The lowest BCUT2D eigenvalue weighted by molar-refractivity contribution is 0.0923. The van der Waals surface area contributed by atoms with Gasteiger partial charge in [0.1, 0.15) is 24.7 Å². The van der Waals surface area contributed by atoms with Crippen LogP contribution in [-0.2, 0) is 13.2 Å². The van der Waals surface area contributed by atoms with Crippen LogP contribution in [0.15, 0.2) is 91.3 Å². The fourth-order valence-corrected chi connectivity index (χ4v) is 5.74. The fraction of sp³-hybridized carbons (Fsp3) is 0.152. The molecule has 5 aromatic rings. The summed E-state index contributed by atoms with van der Waals surface area (Å²) < 4.78 is 26.5. The molecule has 1 amide bonds. The molecule has 1 N–H and O–H groups in total. The van der Waals surface area contributed by atoms with Crippen molar-refractivity contribution >= 4 is 67.2 Å². The summed E-state index contributed by atoms with van der Waals surface area (Å²) in [5.41, 5.74) is 7.32. The van der Waals surface area contributed by atoms with E-state index in [2.05, 4.69) is 72.9 Å². The third-order valence-corrected chi connectivity index (χ3v) is 9.63. The quantitative estimate of drug-likeness (QED) is 0.107. The molecule has 5 rings (SSSR count). The lowest BCUT2D eigenvalue weighted by atomic mass is 10.2. The van der Waals surface area contributed by atoms with E-state index >= 15 is 0 Å². The zero-order valence-electron chi connectivity index (χ0n) is 24.4. The lowest BCUT2D eigenvalue weighted by Crippen LogP contribution is -2.16. The van der Waals surface area contributed by atoms with Crippen LogP contribution in [0.2, 0.25) is 10.0 Å². The number of methoxy groups -OCH3 is 1. The number of aromatic nitrogens is 1. The van der Waals surface area contributed by atoms with Gasteiger partial charge in [0, 0.05) is 27.1 Å². The maximum atomic E-state index is 12.7. The first-order valence-electron chi connectivity index (χ1n) is 13.6. The topological polar surface area (TPSA) is 87.2 Å². The van der Waals surface area contributed by atoms with E-state index in [0.29, 0.717) is 47.6 Å². The highest BCUT2D eigenvalue weighted by molar-refractivity contribution is 9.13. The number of benzene rings is 3. The number of hydrogen-bond donors (Lipinski definition) is 1. The van der Waals surface area contributed by atoms with Crippen LogP contribution in [-0.4, -0.2) is 23.8 Å². The van der Waals surface area contributed by atoms with Crippen LogP contribution in [0.1, 0.15) is 38.8 Å². The lowest BCUT2D eigenvalue weighted by Gasteiger charge is -2.15. The SMILES string of the molecule is COc1cc(/C=N/NC(=O)c2ccc(COc3ccc(-n4c(C)ccc4C)cc3)o2)c(Br)c(Br)c1OCc1ccc(Cl)c(Cl)c1. The number of ether oxygens (including phenoxy) is 3. The molecule has 0 aliphatic rings. The second-order valence-corrected chi connectivity index (χ2v) is 12.3. The first kappa shape index (κ1) is 32.7. The first-order valence-corrected chi connectivity index (χ1v) is 15.9. The molecule has 0 spiro atoms. The molecule has 0 fully saturated rings. The van der Waals surface area contributed by atoms with Crippen molar-refractivity contribution in [2.45, 2.75) is 27.1 Å². The number of hydrazone groups is 1. The first-order chi connectivity index (χ1) is 21.6. The van der Waals surface area contributed by atoms with Crippen LogP contribution < -0.4 is 19.6 Å². The van der Waals surface area contributed by atoms with Crippen LogP contribution >= 0.6 is 55.1 Å². The number of nitrogens with one attached hydrogen (secondary N) is 1. The molecule has 0 aliphatic carbocycles. The Morgan fingerprint density at radius 1 is 0.911 bits per heavy atom. The van der Waals surface area contributed by atoms with Crippen LogP contribution in [0.5, 0.6) is 17.2 Å². The van der Waals surface area contributed by atoms with E-state index < -0.39 is 5.91 Å². The number of furan rings is 1. The van der Waals surface area contributed by atoms with Gasteiger partial charge in [-0.25, -0.2) is 5.43 Å². The molecule has 3 aromatic carbocycles. The van der Waals surface area contributed by atoms with Gasteiger partial charge in [0.05, 0.1) is 27.8 Å². The number of carbonyl (C=O) groups excluding carboxylic acids is 1. The maximum Gasteiger partial charge on any atom is 0.307 e. The number of rotatable bonds is 11. The predicted octanol–water partition coefficient (Wildman–Crippen LogP) is 9.45. The summed E-state index contributed by atoms with van der Waals surface area (Å²) in [6.07, 6.45) is 1.48. The summed E-state index contributed by atoms with van der Waals surface area (Å²) in [5, 5.41) is 5.00. The Kier molecular flexibility index (Phi) is 10.6. The summed E-state index contributed by atoms with van der Waals surface area (Å²) in [7, 11) is 1.53. The van der Waals surface area contributed by atoms with Gasteiger partial charge in [-0.3, -0.25) is 4.79 Å². The van der Waals surface area contributed by atoms with E-state index in [1.165, 1.54) is 13.3 Å². The van der Waals surface area contributed by atoms with Crippen molar-refractivity contribution < 1.29 is 23.4 Å². The van der Waals surface area contributed by atoms with E-state index in [1.54, 1.807) is 30.3 Å². The highest BCUT2D eigenvalue weighted by Crippen LogP contribution is 2.42. The Balaban J connectivity index is 1.17. The molecule has 0 atom stereocenters. The highest BCUT2D eigenvalue weighted by Gasteiger charge is 2.17. The minimum Gasteiger partial charge on any atom is -0.493 e. The van der Waals surface area contributed by atoms with E-state index in [-0.39, 0.29) is 19.0 Å². The maximum absolute atomic E-state index is 12.7. The van der Waals surface area contributed by atoms with Gasteiger partial charge < -0.3 is 23.2 Å². The molecular formula is C33H27Br2Cl2N3O5. The van der Waals surface area contributed by atoms with Gasteiger partial charge in [-0.15, -0.1) is 0 Å². The van der Waals surface area contributed by atoms with Gasteiger partial charge in [0.25, 0.3) is 0 Å². The van der Waals surface area contributed by atoms with Gasteiger partial charge in [-0.1, -0.05) is 29.3 Å². The minimum atomic E-state index is -0.511. The van der Waals surface area contributed by atoms with Crippen LogP contribution in [0.25, 0.3) is 5.69 Å². The number of hydrogen-bond acceptors (Lipinski definition) is 6. The molecule has 0 radical (unpaired) electrons. The van der Waals surface area contributed by atoms with Gasteiger partial charge >= 0.3 is 5.91 Å². The van der Waals surface area contributed by atoms with E-state index in [9.17, 15) is 4.79 Å². The number of aryl methyl sites for hydroxylation is 2. The van der Waals surface area contributed by atoms with E-state index in [1.807, 2.05) is 30.3 Å². The average molecular weight is 776 g/mol. The van der Waals surface area contributed by atoms with Crippen LogP contribution in [0.3, 0.4) is 0 Å². The van der Waals surface area contributed by atoms with Crippen molar-refractivity contribution in [2.24, 2.45) is 5.10 Å². The minimum absolute atomic E-state index is 0.100. The molecule has 0 saturated heterocycles. The van der Waals surface area contributed by atoms with Gasteiger partial charge in [0.15, 0.2) is 17.3 Å². The molecular weight excluding hydrogens is 749 g/mol. The van der Waals surface area contributed by atoms with Crippen LogP contribution in [0, 0.1) is 13.8 Å². The summed E-state index contributed by atoms with van der Waals surface area (Å²) in [5.74, 6) is 1.71. The van der Waals surface area contributed by atoms with E-state index in [4.69, 9.17) is 41.8 Å². The van der Waals surface area contributed by atoms with Gasteiger partial charge in [0.2, 0.25) is 0 Å². The Morgan fingerprint density at radius 2 is 1.64 bits per heavy atom. The molecule has 0 unspecified atom stereocenters. The molecule has 2 heterocycles. The number of halogens is 4. The third-order valence-electron chi connectivity index (χ3n) is 6.75. The number of amides is 1. The Bertz CT molecular complexity index is 1850. The average Bonchev–Trinajstić information content (AvgIpc) is 3.65. The van der Waals surface area contributed by atoms with E-state index in [0.717, 1.165) is 22.6 Å². The number of carbonyl (C=O) groups is 1. The zero-order valence-corrected chi connectivity index (χ0v) is 29.1. The Morgan fingerprint density at radius 3 is 2.33 bits per heavy atom. The monoisotopic (exact) mass is 773 g/mol. The standard InChI is InChI=1S/C33H27Br2Cl2N3O5/c1-19-4-5-20(2)40(19)23-7-9-24(10-8-23)43-18-25-11-13-28(45-25)33(41)39-38-16-22-15-29(42-3)32(31(35)30(22)34)44-17-21-6-12-26(36)27(37)14-21/h4-16H,17-18H2,1-3H3,(H,39,41)/b38-16+. The molecule has 0 aliphatic heterocycles. The molecule has 232 valence electrons. The van der Waals surface area contributed by atoms with Crippen molar-refractivity contribution in [1.29, 1.82) is 0 Å². The van der Waals surface area contributed by atoms with Crippen molar-refractivity contribution in [2.75, 3.05) is 7.11 Å². The van der Waals surface area contributed by atoms with Crippen molar-refractivity contribution in [3.63, 3.8) is 0 Å². The van der Waals surface area contributed by atoms with Crippen molar-refractivity contribution in [3.8, 4) is 22.9 Å². The van der Waals surface area contributed by atoms with Crippen LogP contribution in [0.4, 0.5) is 0 Å². The Hall–Kier alpha value is -3.70. The zero-order chi connectivity index (χ0) is 32.1. The second-order valence-electron chi connectivity index (χ2n) is 9.86. The van der Waals surface area contributed by atoms with Gasteiger partial charge in [-0.2, -0.15) is 5.10 Å². The second kappa shape index (κ2) is 14.6. The summed E-state index contributed by atoms with van der Waals surface area (Å²) in [4.78, 5) is 12.7. The number of nitrogens with zero attached hydrogens (tertiary/aromatic N) is 2. The highest BCUT2D eigenvalue weighted by atomic mass is 79.9.